The summed E-state index contributed by atoms with van der Waals surface area (Å²) in [4.78, 5) is 5.46. The highest BCUT2D eigenvalue weighted by Gasteiger charge is 2.24. The minimum absolute atomic E-state index is 0.869. The summed E-state index contributed by atoms with van der Waals surface area (Å²) in [6, 6.07) is 0.927. The Labute approximate surface area is 134 Å². The summed E-state index contributed by atoms with van der Waals surface area (Å²) in [6.45, 7) is 15.5. The number of hydrogen-bond donors (Lipinski definition) is 0. The molecule has 0 spiro atoms. The molecule has 0 radical (unpaired) electrons. The number of hydrogen-bond acceptors (Lipinski definition) is 2. The van der Waals surface area contributed by atoms with Crippen LogP contribution in [0.25, 0.3) is 0 Å². The van der Waals surface area contributed by atoms with E-state index in [1.807, 2.05) is 0 Å². The first-order chi connectivity index (χ1) is 10.2. The van der Waals surface area contributed by atoms with Gasteiger partial charge in [0, 0.05) is 32.2 Å². The summed E-state index contributed by atoms with van der Waals surface area (Å²) in [5.74, 6) is 0.869. The van der Waals surface area contributed by atoms with Gasteiger partial charge in [0.2, 0.25) is 0 Å². The molecule has 1 aliphatic heterocycles. The first-order valence-corrected chi connectivity index (χ1v) is 9.63. The lowest BCUT2D eigenvalue weighted by molar-refractivity contribution is 0.0777. The molecule has 1 saturated carbocycles. The lowest BCUT2D eigenvalue weighted by atomic mass is 9.94. The van der Waals surface area contributed by atoms with Gasteiger partial charge in [0.05, 0.1) is 0 Å². The van der Waals surface area contributed by atoms with Crippen LogP contribution in [0, 0.1) is 5.92 Å². The molecule has 0 aromatic heterocycles. The summed E-state index contributed by atoms with van der Waals surface area (Å²) in [7, 11) is 0. The van der Waals surface area contributed by atoms with Gasteiger partial charge in [0.25, 0.3) is 0 Å². The highest BCUT2D eigenvalue weighted by atomic mass is 15.3. The van der Waals surface area contributed by atoms with E-state index in [4.69, 9.17) is 0 Å². The molecule has 0 bridgehead atoms. The highest BCUT2D eigenvalue weighted by molar-refractivity contribution is 4.80. The maximum atomic E-state index is 2.78. The van der Waals surface area contributed by atoms with Crippen molar-refractivity contribution < 1.29 is 0 Å². The quantitative estimate of drug-likeness (QED) is 0.720. The van der Waals surface area contributed by atoms with Crippen LogP contribution in [-0.2, 0) is 0 Å². The van der Waals surface area contributed by atoms with E-state index in [-0.39, 0.29) is 0 Å². The van der Waals surface area contributed by atoms with E-state index < -0.39 is 0 Å². The van der Waals surface area contributed by atoms with E-state index in [9.17, 15) is 0 Å². The van der Waals surface area contributed by atoms with E-state index >= 15 is 0 Å². The molecular weight excluding hydrogens is 256 g/mol. The Morgan fingerprint density at radius 1 is 0.905 bits per heavy atom. The summed E-state index contributed by atoms with van der Waals surface area (Å²) in [5.41, 5.74) is 0. The van der Waals surface area contributed by atoms with Crippen LogP contribution in [0.2, 0.25) is 0 Å². The molecule has 1 heterocycles. The number of piperazine rings is 1. The average Bonchev–Trinajstić information content (AvgIpc) is 2.49. The standard InChI is InChI=1S/C16H32N2.C3H8/c1-15(2)7-6-10-17-11-13-18(14-12-17)16-8-4-3-5-9-16;1-3-2/h15-16H,3-14H2,1-2H3;3H2,1-2H3. The van der Waals surface area contributed by atoms with Crippen molar-refractivity contribution in [3.63, 3.8) is 0 Å². The predicted octanol–water partition coefficient (Wildman–Crippen LogP) is 4.79. The molecule has 1 saturated heterocycles. The van der Waals surface area contributed by atoms with Crippen LogP contribution in [0.3, 0.4) is 0 Å². The van der Waals surface area contributed by atoms with Crippen molar-refractivity contribution in [2.75, 3.05) is 32.7 Å². The third-order valence-electron chi connectivity index (χ3n) is 4.75. The fourth-order valence-corrected chi connectivity index (χ4v) is 3.52. The van der Waals surface area contributed by atoms with E-state index in [0.29, 0.717) is 0 Å². The normalized spacial score (nSPS) is 22.1. The largest absolute Gasteiger partial charge is 0.301 e. The highest BCUT2D eigenvalue weighted by Crippen LogP contribution is 2.23. The van der Waals surface area contributed by atoms with E-state index in [0.717, 1.165) is 12.0 Å². The van der Waals surface area contributed by atoms with Crippen molar-refractivity contribution in [3.05, 3.63) is 0 Å². The molecule has 0 aromatic rings. The Morgan fingerprint density at radius 3 is 2.00 bits per heavy atom. The molecule has 2 fully saturated rings. The molecule has 2 heteroatoms. The zero-order chi connectivity index (χ0) is 15.5. The van der Waals surface area contributed by atoms with Crippen molar-refractivity contribution >= 4 is 0 Å². The summed E-state index contributed by atoms with van der Waals surface area (Å²) in [6.07, 6.45) is 11.4. The third-order valence-corrected chi connectivity index (χ3v) is 4.75. The minimum Gasteiger partial charge on any atom is -0.301 e. The van der Waals surface area contributed by atoms with Gasteiger partial charge in [-0.1, -0.05) is 53.4 Å². The van der Waals surface area contributed by atoms with Gasteiger partial charge in [-0.15, -0.1) is 0 Å². The monoisotopic (exact) mass is 296 g/mol. The minimum atomic E-state index is 0.869. The third kappa shape index (κ3) is 8.21. The molecular formula is C19H40N2. The molecule has 0 unspecified atom stereocenters. The van der Waals surface area contributed by atoms with Crippen molar-refractivity contribution in [1.82, 2.24) is 9.80 Å². The molecule has 2 rings (SSSR count). The maximum absolute atomic E-state index is 2.78. The van der Waals surface area contributed by atoms with Gasteiger partial charge >= 0.3 is 0 Å². The Morgan fingerprint density at radius 2 is 1.48 bits per heavy atom. The van der Waals surface area contributed by atoms with Crippen molar-refractivity contribution in [3.8, 4) is 0 Å². The van der Waals surface area contributed by atoms with Crippen LogP contribution < -0.4 is 0 Å². The van der Waals surface area contributed by atoms with Crippen LogP contribution in [0.1, 0.15) is 79.1 Å². The second kappa shape index (κ2) is 11.5. The molecule has 21 heavy (non-hydrogen) atoms. The van der Waals surface area contributed by atoms with Crippen LogP contribution in [-0.4, -0.2) is 48.6 Å². The molecule has 0 amide bonds. The van der Waals surface area contributed by atoms with Gasteiger partial charge in [0.1, 0.15) is 0 Å². The fourth-order valence-electron chi connectivity index (χ4n) is 3.52. The Bertz CT molecular complexity index is 226. The average molecular weight is 297 g/mol. The first kappa shape index (κ1) is 19.0. The van der Waals surface area contributed by atoms with E-state index in [1.54, 1.807) is 0 Å². The van der Waals surface area contributed by atoms with Gasteiger partial charge in [0.15, 0.2) is 0 Å². The van der Waals surface area contributed by atoms with Gasteiger partial charge < -0.3 is 4.90 Å². The Hall–Kier alpha value is -0.0800. The van der Waals surface area contributed by atoms with Crippen molar-refractivity contribution in [1.29, 1.82) is 0 Å². The van der Waals surface area contributed by atoms with Gasteiger partial charge in [-0.2, -0.15) is 0 Å². The maximum Gasteiger partial charge on any atom is 0.0113 e. The molecule has 0 atom stereocenters. The van der Waals surface area contributed by atoms with Crippen LogP contribution >= 0.6 is 0 Å². The molecule has 0 aromatic carbocycles. The molecule has 0 N–H and O–H groups in total. The summed E-state index contributed by atoms with van der Waals surface area (Å²) >= 11 is 0. The zero-order valence-corrected chi connectivity index (χ0v) is 15.2. The van der Waals surface area contributed by atoms with Crippen molar-refractivity contribution in [2.24, 2.45) is 5.92 Å². The summed E-state index contributed by atoms with van der Waals surface area (Å²) < 4.78 is 0. The van der Waals surface area contributed by atoms with Crippen molar-refractivity contribution in [2.45, 2.75) is 85.1 Å². The molecule has 1 aliphatic carbocycles. The topological polar surface area (TPSA) is 6.48 Å². The predicted molar refractivity (Wildman–Crippen MR) is 94.9 cm³/mol. The fraction of sp³-hybridized carbons (Fsp3) is 1.00. The molecule has 126 valence electrons. The molecule has 2 aliphatic rings. The lowest BCUT2D eigenvalue weighted by Crippen LogP contribution is -2.50. The second-order valence-electron chi connectivity index (χ2n) is 7.41. The Kier molecular flexibility index (Phi) is 10.4. The Balaban J connectivity index is 0.000000677. The smallest absolute Gasteiger partial charge is 0.0113 e. The summed E-state index contributed by atoms with van der Waals surface area (Å²) in [5, 5.41) is 0. The van der Waals surface area contributed by atoms with E-state index in [1.165, 1.54) is 84.1 Å². The van der Waals surface area contributed by atoms with E-state index in [2.05, 4.69) is 37.5 Å². The van der Waals surface area contributed by atoms with Gasteiger partial charge in [-0.3, -0.25) is 4.90 Å². The SMILES string of the molecule is CC(C)CCCN1CCN(C2CCCCC2)CC1.CCC. The number of nitrogens with zero attached hydrogens (tertiary/aromatic N) is 2. The van der Waals surface area contributed by atoms with Crippen LogP contribution in [0.15, 0.2) is 0 Å². The number of rotatable bonds is 5. The molecule has 2 nitrogen and oxygen atoms in total. The first-order valence-electron chi connectivity index (χ1n) is 9.63. The van der Waals surface area contributed by atoms with Gasteiger partial charge in [-0.05, 0) is 38.1 Å². The zero-order valence-electron chi connectivity index (χ0n) is 15.2. The second-order valence-corrected chi connectivity index (χ2v) is 7.41. The lowest BCUT2D eigenvalue weighted by Gasteiger charge is -2.40. The van der Waals surface area contributed by atoms with Crippen LogP contribution in [0.4, 0.5) is 0 Å². The van der Waals surface area contributed by atoms with Crippen LogP contribution in [0.5, 0.6) is 0 Å². The van der Waals surface area contributed by atoms with Gasteiger partial charge in [-0.25, -0.2) is 0 Å².